The van der Waals surface area contributed by atoms with E-state index in [2.05, 4.69) is 17.3 Å². The molecule has 112 valence electrons. The van der Waals surface area contributed by atoms with E-state index in [1.54, 1.807) is 0 Å². The summed E-state index contributed by atoms with van der Waals surface area (Å²) in [5.74, 6) is 0. The van der Waals surface area contributed by atoms with Gasteiger partial charge in [-0.2, -0.15) is 0 Å². The summed E-state index contributed by atoms with van der Waals surface area (Å²) in [7, 11) is -0.783. The Morgan fingerprint density at radius 2 is 2.16 bits per heavy atom. The standard InChI is InChI=1S/C13H26N2O3S/c1-15-6-7-18-12(10-15)9-14-11-4-3-5-13(8-11)19(2,16)17/h11-14H,3-10H2,1-2H3. The number of likely N-dealkylation sites (N-methyl/N-ethyl adjacent to an activating group) is 1. The number of hydrogen-bond donors (Lipinski definition) is 1. The number of ether oxygens (including phenoxy) is 1. The van der Waals surface area contributed by atoms with E-state index in [4.69, 9.17) is 4.74 Å². The second kappa shape index (κ2) is 6.52. The van der Waals surface area contributed by atoms with E-state index in [1.165, 1.54) is 6.26 Å². The lowest BCUT2D eigenvalue weighted by Crippen LogP contribution is -2.48. The highest BCUT2D eigenvalue weighted by Gasteiger charge is 2.29. The molecule has 3 unspecified atom stereocenters. The van der Waals surface area contributed by atoms with Crippen LogP contribution in [0.3, 0.4) is 0 Å². The van der Waals surface area contributed by atoms with Gasteiger partial charge in [-0.1, -0.05) is 6.42 Å². The summed E-state index contributed by atoms with van der Waals surface area (Å²) in [5.41, 5.74) is 0. The topological polar surface area (TPSA) is 58.6 Å². The normalized spacial score (nSPS) is 34.3. The monoisotopic (exact) mass is 290 g/mol. The summed E-state index contributed by atoms with van der Waals surface area (Å²) in [6.45, 7) is 3.57. The van der Waals surface area contributed by atoms with Crippen molar-refractivity contribution in [2.24, 2.45) is 0 Å². The van der Waals surface area contributed by atoms with Crippen LogP contribution in [0.5, 0.6) is 0 Å². The van der Waals surface area contributed by atoms with E-state index in [0.717, 1.165) is 51.9 Å². The van der Waals surface area contributed by atoms with Crippen LogP contribution in [0.15, 0.2) is 0 Å². The van der Waals surface area contributed by atoms with Crippen LogP contribution in [-0.2, 0) is 14.6 Å². The van der Waals surface area contributed by atoms with Crippen LogP contribution in [0.1, 0.15) is 25.7 Å². The third kappa shape index (κ3) is 4.70. The largest absolute Gasteiger partial charge is 0.374 e. The summed E-state index contributed by atoms with van der Waals surface area (Å²) in [6.07, 6.45) is 5.24. The molecule has 19 heavy (non-hydrogen) atoms. The molecule has 0 radical (unpaired) electrons. The van der Waals surface area contributed by atoms with Crippen molar-refractivity contribution >= 4 is 9.84 Å². The Hall–Kier alpha value is -0.170. The molecular weight excluding hydrogens is 264 g/mol. The molecule has 2 aliphatic rings. The van der Waals surface area contributed by atoms with Crippen molar-refractivity contribution in [3.05, 3.63) is 0 Å². The quantitative estimate of drug-likeness (QED) is 0.805. The molecule has 1 aliphatic heterocycles. The zero-order valence-electron chi connectivity index (χ0n) is 12.0. The molecule has 0 bridgehead atoms. The molecule has 2 rings (SSSR count). The molecule has 0 amide bonds. The maximum Gasteiger partial charge on any atom is 0.150 e. The van der Waals surface area contributed by atoms with Crippen LogP contribution in [0, 0.1) is 0 Å². The van der Waals surface area contributed by atoms with Gasteiger partial charge in [0, 0.05) is 31.9 Å². The Balaban J connectivity index is 1.76. The minimum Gasteiger partial charge on any atom is -0.374 e. The van der Waals surface area contributed by atoms with Crippen LogP contribution in [-0.4, -0.2) is 70.3 Å². The fraction of sp³-hybridized carbons (Fsp3) is 1.00. The number of sulfone groups is 1. The van der Waals surface area contributed by atoms with Gasteiger partial charge in [0.25, 0.3) is 0 Å². The molecule has 0 aromatic carbocycles. The number of hydrogen-bond acceptors (Lipinski definition) is 5. The van der Waals surface area contributed by atoms with Gasteiger partial charge < -0.3 is 15.0 Å². The Bertz CT molecular complexity index is 385. The SMILES string of the molecule is CN1CCOC(CNC2CCCC(S(C)(=O)=O)C2)C1. The minimum absolute atomic E-state index is 0.159. The zero-order chi connectivity index (χ0) is 13.9. The summed E-state index contributed by atoms with van der Waals surface area (Å²) in [4.78, 5) is 2.27. The molecule has 5 nitrogen and oxygen atoms in total. The summed E-state index contributed by atoms with van der Waals surface area (Å²) in [5, 5.41) is 3.34. The van der Waals surface area contributed by atoms with E-state index in [9.17, 15) is 8.42 Å². The summed E-state index contributed by atoms with van der Waals surface area (Å²) in [6, 6.07) is 0.323. The van der Waals surface area contributed by atoms with Gasteiger partial charge in [0.2, 0.25) is 0 Å². The van der Waals surface area contributed by atoms with Crippen molar-refractivity contribution in [3.8, 4) is 0 Å². The third-order valence-electron chi connectivity index (χ3n) is 4.21. The van der Waals surface area contributed by atoms with Gasteiger partial charge in [0.05, 0.1) is 18.0 Å². The molecule has 0 aromatic rings. The van der Waals surface area contributed by atoms with E-state index in [-0.39, 0.29) is 11.4 Å². The summed E-state index contributed by atoms with van der Waals surface area (Å²) >= 11 is 0. The average molecular weight is 290 g/mol. The summed E-state index contributed by atoms with van der Waals surface area (Å²) < 4.78 is 29.0. The van der Waals surface area contributed by atoms with Crippen LogP contribution < -0.4 is 5.32 Å². The molecule has 6 heteroatoms. The Labute approximate surface area is 116 Å². The molecule has 2 fully saturated rings. The zero-order valence-corrected chi connectivity index (χ0v) is 12.8. The first kappa shape index (κ1) is 15.2. The van der Waals surface area contributed by atoms with Gasteiger partial charge in [-0.25, -0.2) is 8.42 Å². The number of morpholine rings is 1. The van der Waals surface area contributed by atoms with Gasteiger partial charge in [-0.15, -0.1) is 0 Å². The van der Waals surface area contributed by atoms with Gasteiger partial charge in [0.15, 0.2) is 0 Å². The lowest BCUT2D eigenvalue weighted by atomic mass is 9.95. The third-order valence-corrected chi connectivity index (χ3v) is 5.85. The van der Waals surface area contributed by atoms with Gasteiger partial charge in [-0.05, 0) is 26.3 Å². The van der Waals surface area contributed by atoms with Crippen molar-refractivity contribution in [1.82, 2.24) is 10.2 Å². The minimum atomic E-state index is -2.89. The van der Waals surface area contributed by atoms with E-state index in [1.807, 2.05) is 0 Å². The van der Waals surface area contributed by atoms with Gasteiger partial charge >= 0.3 is 0 Å². The van der Waals surface area contributed by atoms with E-state index in [0.29, 0.717) is 6.04 Å². The fourth-order valence-corrected chi connectivity index (χ4v) is 4.18. The lowest BCUT2D eigenvalue weighted by Gasteiger charge is -2.33. The highest BCUT2D eigenvalue weighted by atomic mass is 32.2. The maximum atomic E-state index is 11.6. The molecule has 1 heterocycles. The predicted molar refractivity (Wildman–Crippen MR) is 76.1 cm³/mol. The number of nitrogens with one attached hydrogen (secondary N) is 1. The lowest BCUT2D eigenvalue weighted by molar-refractivity contribution is -0.0197. The maximum absolute atomic E-state index is 11.6. The molecule has 0 spiro atoms. The van der Waals surface area contributed by atoms with Crippen LogP contribution in [0.2, 0.25) is 0 Å². The molecule has 1 aliphatic carbocycles. The molecule has 3 atom stereocenters. The van der Waals surface area contributed by atoms with Crippen molar-refractivity contribution < 1.29 is 13.2 Å². The molecule has 1 saturated heterocycles. The smallest absolute Gasteiger partial charge is 0.150 e. The number of nitrogens with zero attached hydrogens (tertiary/aromatic N) is 1. The first-order valence-corrected chi connectivity index (χ1v) is 9.13. The van der Waals surface area contributed by atoms with Crippen molar-refractivity contribution in [3.63, 3.8) is 0 Å². The van der Waals surface area contributed by atoms with E-state index >= 15 is 0 Å². The Kier molecular flexibility index (Phi) is 5.22. The molecule has 0 aromatic heterocycles. The predicted octanol–water partition coefficient (Wildman–Crippen LogP) is 0.262. The molecule has 1 saturated carbocycles. The Morgan fingerprint density at radius 3 is 2.84 bits per heavy atom. The second-order valence-corrected chi connectivity index (χ2v) is 8.30. The van der Waals surface area contributed by atoms with Crippen molar-refractivity contribution in [2.75, 3.05) is 39.5 Å². The second-order valence-electron chi connectivity index (χ2n) is 5.98. The first-order valence-electron chi connectivity index (χ1n) is 7.17. The van der Waals surface area contributed by atoms with Crippen molar-refractivity contribution in [2.45, 2.75) is 43.1 Å². The molecule has 1 N–H and O–H groups in total. The van der Waals surface area contributed by atoms with Gasteiger partial charge in [-0.3, -0.25) is 0 Å². The highest BCUT2D eigenvalue weighted by molar-refractivity contribution is 7.91. The molecular formula is C13H26N2O3S. The fourth-order valence-electron chi connectivity index (χ4n) is 3.01. The van der Waals surface area contributed by atoms with Gasteiger partial charge in [0.1, 0.15) is 9.84 Å². The highest BCUT2D eigenvalue weighted by Crippen LogP contribution is 2.23. The van der Waals surface area contributed by atoms with Crippen LogP contribution >= 0.6 is 0 Å². The Morgan fingerprint density at radius 1 is 1.37 bits per heavy atom. The van der Waals surface area contributed by atoms with Crippen molar-refractivity contribution in [1.29, 1.82) is 0 Å². The van der Waals surface area contributed by atoms with E-state index < -0.39 is 9.84 Å². The number of rotatable bonds is 4. The average Bonchev–Trinajstić information content (AvgIpc) is 2.36. The first-order chi connectivity index (χ1) is 8.95. The van der Waals surface area contributed by atoms with Crippen LogP contribution in [0.25, 0.3) is 0 Å². The van der Waals surface area contributed by atoms with Crippen LogP contribution in [0.4, 0.5) is 0 Å².